The van der Waals surface area contributed by atoms with Crippen LogP contribution in [-0.2, 0) is 4.79 Å². The molecular formula is C14H27ClN2O. The van der Waals surface area contributed by atoms with Gasteiger partial charge in [0, 0.05) is 24.4 Å². The molecule has 0 saturated heterocycles. The third-order valence-electron chi connectivity index (χ3n) is 3.86. The molecule has 4 heteroatoms. The molecule has 1 aliphatic carbocycles. The molecule has 1 N–H and O–H groups in total. The number of amides is 1. The molecular weight excluding hydrogens is 248 g/mol. The highest BCUT2D eigenvalue weighted by Gasteiger charge is 2.17. The standard InChI is InChI=1S/C14H27ClN2O/c1-12(11-15)14(18)16-9-6-10-17(2)13-7-4-3-5-8-13/h12-13H,3-11H2,1-2H3,(H,16,18). The highest BCUT2D eigenvalue weighted by molar-refractivity contribution is 6.19. The summed E-state index contributed by atoms with van der Waals surface area (Å²) in [6, 6.07) is 0.760. The van der Waals surface area contributed by atoms with Crippen molar-refractivity contribution in [1.29, 1.82) is 0 Å². The van der Waals surface area contributed by atoms with Gasteiger partial charge in [0.2, 0.25) is 5.91 Å². The van der Waals surface area contributed by atoms with Crippen LogP contribution in [-0.4, -0.2) is 42.9 Å². The third-order valence-corrected chi connectivity index (χ3v) is 4.33. The molecule has 0 radical (unpaired) electrons. The molecule has 1 unspecified atom stereocenters. The highest BCUT2D eigenvalue weighted by atomic mass is 35.5. The molecule has 0 spiro atoms. The molecule has 106 valence electrons. The van der Waals surface area contributed by atoms with Crippen molar-refractivity contribution in [2.24, 2.45) is 5.92 Å². The molecule has 1 aliphatic rings. The van der Waals surface area contributed by atoms with Gasteiger partial charge in [-0.15, -0.1) is 11.6 Å². The van der Waals surface area contributed by atoms with Gasteiger partial charge in [-0.3, -0.25) is 4.79 Å². The Bertz CT molecular complexity index is 242. The number of carbonyl (C=O) groups is 1. The van der Waals surface area contributed by atoms with Crippen LogP contribution in [0.25, 0.3) is 0 Å². The smallest absolute Gasteiger partial charge is 0.224 e. The Morgan fingerprint density at radius 2 is 2.06 bits per heavy atom. The van der Waals surface area contributed by atoms with Crippen molar-refractivity contribution in [3.8, 4) is 0 Å². The Kier molecular flexibility index (Phi) is 7.68. The Morgan fingerprint density at radius 1 is 1.39 bits per heavy atom. The van der Waals surface area contributed by atoms with Crippen molar-refractivity contribution in [2.45, 2.75) is 51.5 Å². The summed E-state index contributed by atoms with van der Waals surface area (Å²) in [4.78, 5) is 14.0. The largest absolute Gasteiger partial charge is 0.356 e. The van der Waals surface area contributed by atoms with Gasteiger partial charge in [-0.1, -0.05) is 26.2 Å². The number of nitrogens with zero attached hydrogens (tertiary/aromatic N) is 1. The maximum Gasteiger partial charge on any atom is 0.224 e. The normalized spacial score (nSPS) is 18.9. The first-order valence-electron chi connectivity index (χ1n) is 7.19. The van der Waals surface area contributed by atoms with Crippen LogP contribution in [0.5, 0.6) is 0 Å². The van der Waals surface area contributed by atoms with Gasteiger partial charge in [-0.25, -0.2) is 0 Å². The van der Waals surface area contributed by atoms with Gasteiger partial charge in [0.15, 0.2) is 0 Å². The Hall–Kier alpha value is -0.280. The number of rotatable bonds is 7. The maximum atomic E-state index is 11.5. The minimum Gasteiger partial charge on any atom is -0.356 e. The van der Waals surface area contributed by atoms with Crippen molar-refractivity contribution in [2.75, 3.05) is 26.0 Å². The summed E-state index contributed by atoms with van der Waals surface area (Å²) >= 11 is 5.64. The monoisotopic (exact) mass is 274 g/mol. The Labute approximate surface area is 116 Å². The van der Waals surface area contributed by atoms with Gasteiger partial charge >= 0.3 is 0 Å². The SMILES string of the molecule is CC(CCl)C(=O)NCCCN(C)C1CCCCC1. The molecule has 0 bridgehead atoms. The summed E-state index contributed by atoms with van der Waals surface area (Å²) in [7, 11) is 2.21. The molecule has 1 rings (SSSR count). The lowest BCUT2D eigenvalue weighted by molar-refractivity contribution is -0.123. The first-order valence-corrected chi connectivity index (χ1v) is 7.72. The van der Waals surface area contributed by atoms with Crippen LogP contribution in [0, 0.1) is 5.92 Å². The second-order valence-electron chi connectivity index (χ2n) is 5.47. The molecule has 0 aromatic heterocycles. The molecule has 1 atom stereocenters. The highest BCUT2D eigenvalue weighted by Crippen LogP contribution is 2.21. The van der Waals surface area contributed by atoms with Crippen LogP contribution in [0.15, 0.2) is 0 Å². The van der Waals surface area contributed by atoms with Gasteiger partial charge < -0.3 is 10.2 Å². The van der Waals surface area contributed by atoms with Crippen molar-refractivity contribution in [3.05, 3.63) is 0 Å². The van der Waals surface area contributed by atoms with Gasteiger partial charge in [-0.2, -0.15) is 0 Å². The summed E-state index contributed by atoms with van der Waals surface area (Å²) in [5.41, 5.74) is 0. The second kappa shape index (κ2) is 8.76. The zero-order valence-corrected chi connectivity index (χ0v) is 12.5. The van der Waals surface area contributed by atoms with Gasteiger partial charge in [-0.05, 0) is 32.9 Å². The first kappa shape index (κ1) is 15.8. The van der Waals surface area contributed by atoms with Crippen LogP contribution in [0.3, 0.4) is 0 Å². The van der Waals surface area contributed by atoms with Crippen LogP contribution in [0.4, 0.5) is 0 Å². The van der Waals surface area contributed by atoms with Gasteiger partial charge in [0.25, 0.3) is 0 Å². The average Bonchev–Trinajstić information content (AvgIpc) is 2.43. The molecule has 0 heterocycles. The molecule has 1 amide bonds. The third kappa shape index (κ3) is 5.57. The minimum absolute atomic E-state index is 0.0744. The summed E-state index contributed by atoms with van der Waals surface area (Å²) < 4.78 is 0. The number of hydrogen-bond acceptors (Lipinski definition) is 2. The zero-order chi connectivity index (χ0) is 13.4. The van der Waals surface area contributed by atoms with Crippen molar-refractivity contribution >= 4 is 17.5 Å². The summed E-state index contributed by atoms with van der Waals surface area (Å²) in [6.45, 7) is 3.69. The molecule has 0 aliphatic heterocycles. The number of halogens is 1. The number of alkyl halides is 1. The van der Waals surface area contributed by atoms with Crippen molar-refractivity contribution < 1.29 is 4.79 Å². The summed E-state index contributed by atoms with van der Waals surface area (Å²) in [5, 5.41) is 2.94. The lowest BCUT2D eigenvalue weighted by Crippen LogP contribution is -2.36. The topological polar surface area (TPSA) is 32.3 Å². The Balaban J connectivity index is 2.08. The Morgan fingerprint density at radius 3 is 2.67 bits per heavy atom. The average molecular weight is 275 g/mol. The number of carbonyl (C=O) groups excluding carboxylic acids is 1. The fraction of sp³-hybridized carbons (Fsp3) is 0.929. The lowest BCUT2D eigenvalue weighted by Gasteiger charge is -2.31. The van der Waals surface area contributed by atoms with Gasteiger partial charge in [0.05, 0.1) is 0 Å². The van der Waals surface area contributed by atoms with E-state index in [4.69, 9.17) is 11.6 Å². The van der Waals surface area contributed by atoms with E-state index in [1.54, 1.807) is 0 Å². The van der Waals surface area contributed by atoms with E-state index in [2.05, 4.69) is 17.3 Å². The van der Waals surface area contributed by atoms with E-state index < -0.39 is 0 Å². The van der Waals surface area contributed by atoms with Crippen LogP contribution in [0.1, 0.15) is 45.4 Å². The minimum atomic E-state index is -0.0808. The molecule has 0 aromatic carbocycles. The van der Waals surface area contributed by atoms with E-state index in [1.807, 2.05) is 6.92 Å². The van der Waals surface area contributed by atoms with Crippen LogP contribution >= 0.6 is 11.6 Å². The molecule has 1 saturated carbocycles. The van der Waals surface area contributed by atoms with Crippen molar-refractivity contribution in [3.63, 3.8) is 0 Å². The van der Waals surface area contributed by atoms with E-state index in [1.165, 1.54) is 32.1 Å². The number of nitrogens with one attached hydrogen (secondary N) is 1. The first-order chi connectivity index (χ1) is 8.65. The predicted molar refractivity (Wildman–Crippen MR) is 77.0 cm³/mol. The van der Waals surface area contributed by atoms with E-state index in [0.29, 0.717) is 5.88 Å². The molecule has 3 nitrogen and oxygen atoms in total. The molecule has 0 aromatic rings. The zero-order valence-electron chi connectivity index (χ0n) is 11.8. The van der Waals surface area contributed by atoms with Crippen molar-refractivity contribution in [1.82, 2.24) is 10.2 Å². The lowest BCUT2D eigenvalue weighted by atomic mass is 9.94. The fourth-order valence-electron chi connectivity index (χ4n) is 2.49. The summed E-state index contributed by atoms with van der Waals surface area (Å²) in [6.07, 6.45) is 7.85. The van der Waals surface area contributed by atoms with Crippen LogP contribution < -0.4 is 5.32 Å². The quantitative estimate of drug-likeness (QED) is 0.572. The van der Waals surface area contributed by atoms with E-state index in [9.17, 15) is 4.79 Å². The van der Waals surface area contributed by atoms with Crippen LogP contribution in [0.2, 0.25) is 0 Å². The number of hydrogen-bond donors (Lipinski definition) is 1. The van der Waals surface area contributed by atoms with E-state index >= 15 is 0 Å². The second-order valence-corrected chi connectivity index (χ2v) is 5.78. The summed E-state index contributed by atoms with van der Waals surface area (Å²) in [5.74, 6) is 0.390. The fourth-order valence-corrected chi connectivity index (χ4v) is 2.63. The van der Waals surface area contributed by atoms with Gasteiger partial charge in [0.1, 0.15) is 0 Å². The predicted octanol–water partition coefficient (Wildman–Crippen LogP) is 2.63. The van der Waals surface area contributed by atoms with E-state index in [0.717, 1.165) is 25.6 Å². The van der Waals surface area contributed by atoms with E-state index in [-0.39, 0.29) is 11.8 Å². The molecule has 1 fully saturated rings. The maximum absolute atomic E-state index is 11.5. The molecule has 18 heavy (non-hydrogen) atoms.